The van der Waals surface area contributed by atoms with Gasteiger partial charge in [-0.1, -0.05) is 12.1 Å². The molecular formula is C58H82N6O11. The Morgan fingerprint density at radius 3 is 2.20 bits per heavy atom. The van der Waals surface area contributed by atoms with Gasteiger partial charge in [0.05, 0.1) is 27.6 Å². The summed E-state index contributed by atoms with van der Waals surface area (Å²) in [7, 11) is 0. The van der Waals surface area contributed by atoms with Crippen molar-refractivity contribution in [3.63, 3.8) is 0 Å². The molecule has 12 rings (SSSR count). The molecule has 10 atom stereocenters. The Morgan fingerprint density at radius 2 is 1.48 bits per heavy atom. The van der Waals surface area contributed by atoms with E-state index in [4.69, 9.17) is 35.2 Å². The fourth-order valence-electron chi connectivity index (χ4n) is 16.2. The SMILES string of the molecule is CC(C)(CCN(CCCN)C(=O)OC1=C2O[C@H]3C(=O)CCC4(O)[C@H]5CC(C=C1)C2C34CCN5CC1CC1)OCCC(C)(C)N(CCCN)C(=O)Oc1ccc2c3c1O[C@H]1C(=O)CCC4(O)C(C2)N(CC2CC2)CCC314. The number of nitrogens with two attached hydrogens (primary N) is 2. The van der Waals surface area contributed by atoms with E-state index in [1.807, 2.05) is 39.8 Å². The van der Waals surface area contributed by atoms with Crippen LogP contribution in [0.3, 0.4) is 0 Å². The molecule has 2 amide bonds. The molecule has 1 aromatic carbocycles. The normalized spacial score (nSPS) is 35.1. The average molecular weight is 1040 g/mol. The largest absolute Gasteiger partial charge is 0.482 e. The van der Waals surface area contributed by atoms with Crippen LogP contribution in [0.15, 0.2) is 35.8 Å². The van der Waals surface area contributed by atoms with Crippen molar-refractivity contribution in [3.05, 3.63) is 46.9 Å². The Labute approximate surface area is 441 Å². The maximum atomic E-state index is 14.5. The van der Waals surface area contributed by atoms with Crippen molar-refractivity contribution in [2.75, 3.05) is 65.5 Å². The third kappa shape index (κ3) is 8.23. The van der Waals surface area contributed by atoms with Gasteiger partial charge in [-0.15, -0.1) is 0 Å². The van der Waals surface area contributed by atoms with Gasteiger partial charge >= 0.3 is 12.2 Å². The van der Waals surface area contributed by atoms with Crippen molar-refractivity contribution >= 4 is 23.8 Å². The molecule has 11 aliphatic rings. The van der Waals surface area contributed by atoms with E-state index < -0.39 is 57.6 Å². The molecule has 75 heavy (non-hydrogen) atoms. The lowest BCUT2D eigenvalue weighted by atomic mass is 9.44. The standard InChI is InChI=1S/C58H82N6O11/c1-53(2,64(26-6-24-60)52(68)73-42-14-12-38-32-44-58(70)18-16-40(66)50-56(58,46(38)48(42)75-50)21-29-63(44)34-36-9-10-36)22-30-71-54(3,4)19-27-61(25-5-23-59)51(67)72-41-13-11-37-31-43-57(69)17-15-39(65)49-55(57,45(37)47(41)74-49)20-28-62(43)33-35-7-8-35/h11-14,35-37,43-45,49-50,69-70H,5-10,15-34,59-60H2,1-4H3/t37?,43-,44?,45?,49+,50+,55?,56?,57?,58?/m1/s1. The molecule has 1 aromatic rings. The van der Waals surface area contributed by atoms with E-state index >= 15 is 0 Å². The first kappa shape index (κ1) is 51.6. The number of aliphatic hydroxyl groups is 2. The van der Waals surface area contributed by atoms with E-state index in [1.165, 1.54) is 25.7 Å². The number of carbonyl (C=O) groups excluding carboxylic acids is 4. The van der Waals surface area contributed by atoms with Crippen LogP contribution < -0.4 is 20.9 Å². The molecule has 7 unspecified atom stereocenters. The summed E-state index contributed by atoms with van der Waals surface area (Å²) in [6.45, 7) is 13.6. The number of carbonyl (C=O) groups is 4. The van der Waals surface area contributed by atoms with Crippen LogP contribution in [-0.4, -0.2) is 166 Å². The number of likely N-dealkylation sites (tertiary alicyclic amines) is 2. The van der Waals surface area contributed by atoms with E-state index in [0.717, 1.165) is 43.7 Å². The second-order valence-electron chi connectivity index (χ2n) is 25.9. The molecule has 7 aliphatic carbocycles. The molecule has 0 radical (unpaired) electrons. The molecular weight excluding hydrogens is 957 g/mol. The first-order valence-corrected chi connectivity index (χ1v) is 28.8. The molecule has 6 N–H and O–H groups in total. The molecule has 3 saturated heterocycles. The summed E-state index contributed by atoms with van der Waals surface area (Å²) in [5.74, 6) is 2.68. The lowest BCUT2D eigenvalue weighted by Crippen LogP contribution is -2.76. The zero-order chi connectivity index (χ0) is 52.5. The van der Waals surface area contributed by atoms with Crippen LogP contribution >= 0.6 is 0 Å². The highest BCUT2D eigenvalue weighted by Crippen LogP contribution is 2.70. The predicted octanol–water partition coefficient (Wildman–Crippen LogP) is 5.49. The molecule has 5 saturated carbocycles. The minimum absolute atomic E-state index is 0.0128. The number of ether oxygens (including phenoxy) is 5. The van der Waals surface area contributed by atoms with Crippen LogP contribution in [0.2, 0.25) is 0 Å². The number of Topliss-reactive ketones (excluding diaryl/α,β-unsaturated/α-hetero) is 2. The van der Waals surface area contributed by atoms with E-state index in [9.17, 15) is 29.4 Å². The van der Waals surface area contributed by atoms with Crippen LogP contribution in [0.25, 0.3) is 0 Å². The van der Waals surface area contributed by atoms with Gasteiger partial charge in [-0.25, -0.2) is 9.59 Å². The summed E-state index contributed by atoms with van der Waals surface area (Å²) in [5.41, 5.74) is 8.64. The number of amides is 2. The highest BCUT2D eigenvalue weighted by Gasteiger charge is 2.78. The Morgan fingerprint density at radius 1 is 0.800 bits per heavy atom. The fourth-order valence-corrected chi connectivity index (χ4v) is 16.2. The van der Waals surface area contributed by atoms with Gasteiger partial charge in [-0.3, -0.25) is 19.4 Å². The smallest absolute Gasteiger partial charge is 0.415 e. The van der Waals surface area contributed by atoms with Crippen molar-refractivity contribution in [3.8, 4) is 11.5 Å². The summed E-state index contributed by atoms with van der Waals surface area (Å²) < 4.78 is 32.4. The molecule has 0 aromatic heterocycles. The fraction of sp³-hybridized carbons (Fsp3) is 0.759. The van der Waals surface area contributed by atoms with E-state index in [0.29, 0.717) is 126 Å². The lowest BCUT2D eigenvalue weighted by molar-refractivity contribution is -0.244. The number of piperidine rings is 2. The Kier molecular flexibility index (Phi) is 12.9. The number of allylic oxidation sites excluding steroid dienone is 3. The summed E-state index contributed by atoms with van der Waals surface area (Å²) >= 11 is 0. The third-order valence-corrected chi connectivity index (χ3v) is 20.6. The van der Waals surface area contributed by atoms with Crippen LogP contribution in [-0.2, 0) is 35.6 Å². The maximum Gasteiger partial charge on any atom is 0.415 e. The highest BCUT2D eigenvalue weighted by atomic mass is 16.6. The molecule has 410 valence electrons. The summed E-state index contributed by atoms with van der Waals surface area (Å²) in [6, 6.07) is 3.65. The molecule has 4 aliphatic heterocycles. The summed E-state index contributed by atoms with van der Waals surface area (Å²) in [4.78, 5) is 64.5. The van der Waals surface area contributed by atoms with Gasteiger partial charge in [0, 0.05) is 81.3 Å². The van der Waals surface area contributed by atoms with Gasteiger partial charge in [-0.05, 0) is 179 Å². The van der Waals surface area contributed by atoms with Gasteiger partial charge in [0.25, 0.3) is 0 Å². The zero-order valence-electron chi connectivity index (χ0n) is 44.8. The Hall–Kier alpha value is -4.10. The van der Waals surface area contributed by atoms with Crippen molar-refractivity contribution in [2.45, 2.75) is 182 Å². The van der Waals surface area contributed by atoms with E-state index in [1.54, 1.807) is 15.9 Å². The first-order chi connectivity index (χ1) is 35.9. The molecule has 4 bridgehead atoms. The van der Waals surface area contributed by atoms with Gasteiger partial charge in [0.15, 0.2) is 41.0 Å². The van der Waals surface area contributed by atoms with Gasteiger partial charge < -0.3 is 55.2 Å². The lowest BCUT2D eigenvalue weighted by Gasteiger charge is -2.65. The molecule has 4 heterocycles. The number of hydrogen-bond acceptors (Lipinski definition) is 15. The van der Waals surface area contributed by atoms with Gasteiger partial charge in [0.1, 0.15) is 5.76 Å². The number of rotatable bonds is 20. The Balaban J connectivity index is 0.700. The Bertz CT molecular complexity index is 2540. The predicted molar refractivity (Wildman–Crippen MR) is 277 cm³/mol. The minimum atomic E-state index is -1.13. The van der Waals surface area contributed by atoms with E-state index in [-0.39, 0.29) is 54.1 Å². The van der Waals surface area contributed by atoms with Crippen LogP contribution in [0.5, 0.6) is 11.5 Å². The van der Waals surface area contributed by atoms with Crippen molar-refractivity contribution < 1.29 is 53.1 Å². The molecule has 17 nitrogen and oxygen atoms in total. The summed E-state index contributed by atoms with van der Waals surface area (Å²) in [5, 5.41) is 25.6. The average Bonchev–Trinajstić information content (AvgIpc) is 4.31. The number of benzene rings is 1. The van der Waals surface area contributed by atoms with Gasteiger partial charge in [0.2, 0.25) is 0 Å². The number of ketones is 2. The number of hydrogen-bond donors (Lipinski definition) is 4. The minimum Gasteiger partial charge on any atom is -0.482 e. The van der Waals surface area contributed by atoms with E-state index in [2.05, 4.69) is 15.9 Å². The zero-order valence-corrected chi connectivity index (χ0v) is 44.8. The molecule has 8 fully saturated rings. The topological polar surface area (TPSA) is 220 Å². The monoisotopic (exact) mass is 1040 g/mol. The second-order valence-corrected chi connectivity index (χ2v) is 25.9. The quantitative estimate of drug-likeness (QED) is 0.127. The number of nitrogens with zero attached hydrogens (tertiary/aromatic N) is 4. The molecule has 17 heteroatoms. The van der Waals surface area contributed by atoms with Crippen molar-refractivity contribution in [1.82, 2.24) is 19.6 Å². The van der Waals surface area contributed by atoms with Crippen LogP contribution in [0.4, 0.5) is 9.59 Å². The van der Waals surface area contributed by atoms with Crippen molar-refractivity contribution in [2.24, 2.45) is 40.6 Å². The van der Waals surface area contributed by atoms with Gasteiger partial charge in [-0.2, -0.15) is 0 Å². The maximum absolute atomic E-state index is 14.5. The highest BCUT2D eigenvalue weighted by molar-refractivity contribution is 5.90. The van der Waals surface area contributed by atoms with Crippen LogP contribution in [0.1, 0.15) is 135 Å². The first-order valence-electron chi connectivity index (χ1n) is 28.8. The van der Waals surface area contributed by atoms with Crippen molar-refractivity contribution in [1.29, 1.82) is 0 Å². The summed E-state index contributed by atoms with van der Waals surface area (Å²) in [6.07, 6.45) is 12.3. The third-order valence-electron chi connectivity index (χ3n) is 20.6. The second kappa shape index (κ2) is 18.8. The van der Waals surface area contributed by atoms with Crippen LogP contribution in [0, 0.1) is 29.1 Å². The molecule has 2 spiro atoms.